The van der Waals surface area contributed by atoms with E-state index in [4.69, 9.17) is 5.11 Å². The van der Waals surface area contributed by atoms with Gasteiger partial charge in [-0.3, -0.25) is 9.59 Å². The van der Waals surface area contributed by atoms with E-state index in [1.54, 1.807) is 0 Å². The fourth-order valence-corrected chi connectivity index (χ4v) is 3.31. The highest BCUT2D eigenvalue weighted by Crippen LogP contribution is 2.25. The number of hydrogen-bond acceptors (Lipinski definition) is 2. The normalized spacial score (nSPS) is 17.8. The molecule has 0 aliphatic carbocycles. The van der Waals surface area contributed by atoms with Crippen molar-refractivity contribution in [3.63, 3.8) is 0 Å². The van der Waals surface area contributed by atoms with E-state index in [2.05, 4.69) is 6.92 Å². The Hall–Kier alpha value is -2.30. The molecule has 0 saturated carbocycles. The lowest BCUT2D eigenvalue weighted by Crippen LogP contribution is -2.28. The van der Waals surface area contributed by atoms with Gasteiger partial charge in [0.1, 0.15) is 0 Å². The first-order chi connectivity index (χ1) is 11.1. The molecule has 1 aromatic carbocycles. The van der Waals surface area contributed by atoms with Gasteiger partial charge in [-0.15, -0.1) is 0 Å². The summed E-state index contributed by atoms with van der Waals surface area (Å²) in [6.07, 6.45) is 3.69. The van der Waals surface area contributed by atoms with Crippen molar-refractivity contribution < 1.29 is 14.7 Å². The number of rotatable bonds is 5. The van der Waals surface area contributed by atoms with Gasteiger partial charge in [0.25, 0.3) is 5.91 Å². The average molecular weight is 314 g/mol. The molecule has 3 rings (SSSR count). The lowest BCUT2D eigenvalue weighted by Gasteiger charge is -2.17. The van der Waals surface area contributed by atoms with Crippen LogP contribution in [0.2, 0.25) is 0 Å². The molecule has 1 atom stereocenters. The molecule has 2 aromatic rings. The number of likely N-dealkylation sites (tertiary alicyclic amines) is 1. The molecule has 0 radical (unpaired) electrons. The number of benzene rings is 1. The zero-order valence-corrected chi connectivity index (χ0v) is 13.4. The number of aryl methyl sites for hydroxylation is 1. The molecular weight excluding hydrogens is 292 g/mol. The van der Waals surface area contributed by atoms with Crippen LogP contribution in [0.5, 0.6) is 0 Å². The molecule has 23 heavy (non-hydrogen) atoms. The van der Waals surface area contributed by atoms with E-state index in [9.17, 15) is 9.59 Å². The summed E-state index contributed by atoms with van der Waals surface area (Å²) in [6.45, 7) is 4.41. The highest BCUT2D eigenvalue weighted by atomic mass is 16.4. The van der Waals surface area contributed by atoms with Crippen LogP contribution in [-0.2, 0) is 11.3 Å². The van der Waals surface area contributed by atoms with Crippen LogP contribution < -0.4 is 0 Å². The zero-order valence-electron chi connectivity index (χ0n) is 13.4. The van der Waals surface area contributed by atoms with E-state index in [1.807, 2.05) is 39.9 Å². The number of amides is 1. The van der Waals surface area contributed by atoms with Crippen LogP contribution in [0.4, 0.5) is 0 Å². The van der Waals surface area contributed by atoms with Crippen molar-refractivity contribution >= 4 is 22.8 Å². The topological polar surface area (TPSA) is 62.5 Å². The molecule has 0 bridgehead atoms. The van der Waals surface area contributed by atoms with Gasteiger partial charge in [-0.25, -0.2) is 0 Å². The molecule has 1 amide bonds. The number of para-hydroxylation sites is 1. The van der Waals surface area contributed by atoms with Crippen molar-refractivity contribution in [2.75, 3.05) is 13.1 Å². The van der Waals surface area contributed by atoms with Crippen molar-refractivity contribution in [3.8, 4) is 0 Å². The standard InChI is InChI=1S/C18H22N2O3/c1-13-7-10-20(12-13)18(23)15-5-2-4-14-8-11-19(17(14)15)9-3-6-16(21)22/h2,4-5,8,11,13H,3,6-7,9-10,12H2,1H3,(H,21,22)/t13-/m0/s1. The largest absolute Gasteiger partial charge is 0.481 e. The van der Waals surface area contributed by atoms with Gasteiger partial charge in [0.2, 0.25) is 0 Å². The molecule has 1 aromatic heterocycles. The molecule has 1 saturated heterocycles. The lowest BCUT2D eigenvalue weighted by atomic mass is 10.1. The maximum Gasteiger partial charge on any atom is 0.303 e. The second kappa shape index (κ2) is 6.44. The van der Waals surface area contributed by atoms with Crippen LogP contribution in [0.15, 0.2) is 30.5 Å². The number of fused-ring (bicyclic) bond motifs is 1. The summed E-state index contributed by atoms with van der Waals surface area (Å²) in [5, 5.41) is 9.82. The Balaban J connectivity index is 1.89. The van der Waals surface area contributed by atoms with Gasteiger partial charge in [-0.05, 0) is 30.9 Å². The Morgan fingerprint density at radius 3 is 2.83 bits per heavy atom. The van der Waals surface area contributed by atoms with Crippen molar-refractivity contribution in [1.29, 1.82) is 0 Å². The van der Waals surface area contributed by atoms with E-state index in [1.165, 1.54) is 0 Å². The summed E-state index contributed by atoms with van der Waals surface area (Å²) in [5.41, 5.74) is 1.64. The highest BCUT2D eigenvalue weighted by Gasteiger charge is 2.26. The van der Waals surface area contributed by atoms with E-state index >= 15 is 0 Å². The third-order valence-corrected chi connectivity index (χ3v) is 4.52. The van der Waals surface area contributed by atoms with Gasteiger partial charge in [0.15, 0.2) is 0 Å². The molecule has 2 heterocycles. The third kappa shape index (κ3) is 3.23. The Bertz CT molecular complexity index is 735. The van der Waals surface area contributed by atoms with Crippen LogP contribution in [-0.4, -0.2) is 39.5 Å². The number of carbonyl (C=O) groups is 2. The smallest absolute Gasteiger partial charge is 0.303 e. The lowest BCUT2D eigenvalue weighted by molar-refractivity contribution is -0.137. The Morgan fingerprint density at radius 2 is 2.13 bits per heavy atom. The van der Waals surface area contributed by atoms with Gasteiger partial charge in [0, 0.05) is 37.6 Å². The van der Waals surface area contributed by atoms with E-state index in [0.717, 1.165) is 36.0 Å². The minimum Gasteiger partial charge on any atom is -0.481 e. The first-order valence-corrected chi connectivity index (χ1v) is 8.15. The van der Waals surface area contributed by atoms with Gasteiger partial charge in [-0.2, -0.15) is 0 Å². The summed E-state index contributed by atoms with van der Waals surface area (Å²) in [5.74, 6) is -0.151. The van der Waals surface area contributed by atoms with Crippen LogP contribution in [0.1, 0.15) is 36.5 Å². The molecule has 1 N–H and O–H groups in total. The minimum absolute atomic E-state index is 0.0816. The Morgan fingerprint density at radius 1 is 1.30 bits per heavy atom. The Kier molecular flexibility index (Phi) is 4.37. The number of carboxylic acids is 1. The van der Waals surface area contributed by atoms with Gasteiger partial charge >= 0.3 is 5.97 Å². The quantitative estimate of drug-likeness (QED) is 0.923. The first kappa shape index (κ1) is 15.6. The maximum atomic E-state index is 12.9. The molecule has 0 unspecified atom stereocenters. The van der Waals surface area contributed by atoms with Crippen molar-refractivity contribution in [2.45, 2.75) is 32.7 Å². The van der Waals surface area contributed by atoms with Crippen LogP contribution in [0.3, 0.4) is 0 Å². The van der Waals surface area contributed by atoms with E-state index in [0.29, 0.717) is 18.9 Å². The maximum absolute atomic E-state index is 12.9. The van der Waals surface area contributed by atoms with Gasteiger partial charge in [-0.1, -0.05) is 19.1 Å². The average Bonchev–Trinajstić information content (AvgIpc) is 3.13. The fourth-order valence-electron chi connectivity index (χ4n) is 3.31. The number of carboxylic acid groups (broad SMARTS) is 1. The molecule has 1 aliphatic heterocycles. The van der Waals surface area contributed by atoms with Crippen LogP contribution in [0.25, 0.3) is 10.9 Å². The summed E-state index contributed by atoms with van der Waals surface area (Å²) in [7, 11) is 0. The van der Waals surface area contributed by atoms with Crippen LogP contribution in [0, 0.1) is 5.92 Å². The molecule has 1 fully saturated rings. The minimum atomic E-state index is -0.788. The van der Waals surface area contributed by atoms with Gasteiger partial charge < -0.3 is 14.6 Å². The monoisotopic (exact) mass is 314 g/mol. The fraction of sp³-hybridized carbons (Fsp3) is 0.444. The predicted octanol–water partition coefficient (Wildman–Crippen LogP) is 2.99. The molecule has 0 spiro atoms. The summed E-state index contributed by atoms with van der Waals surface area (Å²) < 4.78 is 2.00. The highest BCUT2D eigenvalue weighted by molar-refractivity contribution is 6.06. The second-order valence-electron chi connectivity index (χ2n) is 6.39. The number of carbonyl (C=O) groups excluding carboxylic acids is 1. The zero-order chi connectivity index (χ0) is 16.4. The second-order valence-corrected chi connectivity index (χ2v) is 6.39. The molecular formula is C18H22N2O3. The predicted molar refractivity (Wildman–Crippen MR) is 88.5 cm³/mol. The number of nitrogens with zero attached hydrogens (tertiary/aromatic N) is 2. The number of hydrogen-bond donors (Lipinski definition) is 1. The summed E-state index contributed by atoms with van der Waals surface area (Å²) in [6, 6.07) is 7.77. The first-order valence-electron chi connectivity index (χ1n) is 8.15. The molecule has 1 aliphatic rings. The molecule has 122 valence electrons. The van der Waals surface area contributed by atoms with Crippen LogP contribution >= 0.6 is 0 Å². The van der Waals surface area contributed by atoms with E-state index in [-0.39, 0.29) is 12.3 Å². The van der Waals surface area contributed by atoms with Crippen molar-refractivity contribution in [3.05, 3.63) is 36.0 Å². The summed E-state index contributed by atoms with van der Waals surface area (Å²) >= 11 is 0. The van der Waals surface area contributed by atoms with Gasteiger partial charge in [0.05, 0.1) is 11.1 Å². The molecule has 5 nitrogen and oxygen atoms in total. The summed E-state index contributed by atoms with van der Waals surface area (Å²) in [4.78, 5) is 25.5. The number of aliphatic carboxylic acids is 1. The van der Waals surface area contributed by atoms with Crippen molar-refractivity contribution in [2.24, 2.45) is 5.92 Å². The number of aromatic nitrogens is 1. The molecule has 5 heteroatoms. The Labute approximate surface area is 135 Å². The van der Waals surface area contributed by atoms with Crippen molar-refractivity contribution in [1.82, 2.24) is 9.47 Å². The third-order valence-electron chi connectivity index (χ3n) is 4.52. The van der Waals surface area contributed by atoms with E-state index < -0.39 is 5.97 Å². The SMILES string of the molecule is C[C@H]1CCN(C(=O)c2cccc3ccn(CCCC(=O)O)c23)C1.